The Balaban J connectivity index is 0.00000155. The number of aryl methyl sites for hydroxylation is 2. The topological polar surface area (TPSA) is 150 Å². The number of hydrogen-bond acceptors (Lipinski definition) is 7. The van der Waals surface area contributed by atoms with Crippen LogP contribution in [-0.2, 0) is 27.7 Å². The summed E-state index contributed by atoms with van der Waals surface area (Å²) in [6, 6.07) is 4.78. The summed E-state index contributed by atoms with van der Waals surface area (Å²) in [7, 11) is -3.60. The van der Waals surface area contributed by atoms with Crippen LogP contribution in [0.25, 0.3) is 0 Å². The molecule has 5 N–H and O–H groups in total. The summed E-state index contributed by atoms with van der Waals surface area (Å²) in [4.78, 5) is 28.9. The van der Waals surface area contributed by atoms with Gasteiger partial charge in [0.25, 0.3) is 5.56 Å². The van der Waals surface area contributed by atoms with Gasteiger partial charge in [0.1, 0.15) is 18.1 Å². The van der Waals surface area contributed by atoms with E-state index in [-0.39, 0.29) is 23.7 Å². The molecule has 0 aliphatic heterocycles. The van der Waals surface area contributed by atoms with Crippen molar-refractivity contribution in [3.8, 4) is 0 Å². The monoisotopic (exact) mass is 435 g/mol. The van der Waals surface area contributed by atoms with Gasteiger partial charge in [-0.1, -0.05) is 19.9 Å². The Hall–Kier alpha value is -2.88. The van der Waals surface area contributed by atoms with Crippen molar-refractivity contribution in [1.82, 2.24) is 14.9 Å². The molecule has 1 aliphatic rings. The van der Waals surface area contributed by atoms with Crippen LogP contribution in [0.4, 0.5) is 11.5 Å². The van der Waals surface area contributed by atoms with Crippen LogP contribution in [0.2, 0.25) is 0 Å². The van der Waals surface area contributed by atoms with E-state index in [0.717, 1.165) is 5.56 Å². The molecular weight excluding hydrogens is 406 g/mol. The molecule has 30 heavy (non-hydrogen) atoms. The number of aromatic nitrogens is 2. The molecular formula is C20H29N5O4S. The number of pyridine rings is 2. The molecule has 0 aromatic carbocycles. The van der Waals surface area contributed by atoms with Crippen LogP contribution in [-0.4, -0.2) is 29.1 Å². The highest BCUT2D eigenvalue weighted by Crippen LogP contribution is 2.35. The van der Waals surface area contributed by atoms with Crippen LogP contribution in [0.1, 0.15) is 43.6 Å². The zero-order valence-electron chi connectivity index (χ0n) is 17.7. The predicted molar refractivity (Wildman–Crippen MR) is 117 cm³/mol. The first-order valence-electron chi connectivity index (χ1n) is 9.83. The second-order valence-electron chi connectivity index (χ2n) is 6.96. The van der Waals surface area contributed by atoms with E-state index in [1.807, 2.05) is 13.8 Å². The Morgan fingerprint density at radius 3 is 2.43 bits per heavy atom. The summed E-state index contributed by atoms with van der Waals surface area (Å²) < 4.78 is 26.1. The molecule has 2 aromatic rings. The lowest BCUT2D eigenvalue weighted by Crippen LogP contribution is -2.35. The molecule has 1 fully saturated rings. The molecule has 2 aromatic heterocycles. The van der Waals surface area contributed by atoms with E-state index in [1.54, 1.807) is 26.0 Å². The molecule has 0 unspecified atom stereocenters. The van der Waals surface area contributed by atoms with Gasteiger partial charge in [0.05, 0.1) is 10.1 Å². The van der Waals surface area contributed by atoms with Gasteiger partial charge in [0.2, 0.25) is 5.91 Å². The molecule has 10 heteroatoms. The average molecular weight is 436 g/mol. The van der Waals surface area contributed by atoms with Crippen LogP contribution in [0.5, 0.6) is 0 Å². The van der Waals surface area contributed by atoms with Gasteiger partial charge >= 0.3 is 0 Å². The maximum absolute atomic E-state index is 12.6. The van der Waals surface area contributed by atoms with Crippen molar-refractivity contribution >= 4 is 27.2 Å². The molecule has 1 saturated carbocycles. The number of carbonyl (C=O) groups excluding carboxylic acids is 1. The predicted octanol–water partition coefficient (Wildman–Crippen LogP) is 1.30. The molecule has 1 amide bonds. The third kappa shape index (κ3) is 4.99. The largest absolute Gasteiger partial charge is 0.393 e. The summed E-state index contributed by atoms with van der Waals surface area (Å²) in [6.07, 6.45) is 1.15. The molecule has 0 atom stereocenters. The average Bonchev–Trinajstić information content (AvgIpc) is 3.55. The van der Waals surface area contributed by atoms with Crippen molar-refractivity contribution < 1.29 is 13.2 Å². The van der Waals surface area contributed by atoms with E-state index in [9.17, 15) is 18.0 Å². The van der Waals surface area contributed by atoms with Crippen LogP contribution >= 0.6 is 0 Å². The first-order chi connectivity index (χ1) is 14.1. The lowest BCUT2D eigenvalue weighted by atomic mass is 10.2. The molecule has 1 aliphatic carbocycles. The van der Waals surface area contributed by atoms with Crippen molar-refractivity contribution in [2.75, 3.05) is 11.5 Å². The Morgan fingerprint density at radius 2 is 1.87 bits per heavy atom. The van der Waals surface area contributed by atoms with Crippen molar-refractivity contribution in [3.63, 3.8) is 0 Å². The van der Waals surface area contributed by atoms with Gasteiger partial charge in [0, 0.05) is 17.9 Å². The van der Waals surface area contributed by atoms with Crippen molar-refractivity contribution in [2.45, 2.75) is 63.8 Å². The van der Waals surface area contributed by atoms with Gasteiger partial charge in [-0.3, -0.25) is 9.59 Å². The van der Waals surface area contributed by atoms with Crippen LogP contribution in [0.3, 0.4) is 0 Å². The number of nitrogens with two attached hydrogens (primary N) is 2. The van der Waals surface area contributed by atoms with E-state index >= 15 is 0 Å². The van der Waals surface area contributed by atoms with Crippen LogP contribution < -0.4 is 22.3 Å². The number of nitrogen functional groups attached to an aromatic ring is 2. The van der Waals surface area contributed by atoms with Crippen LogP contribution in [0, 0.1) is 13.8 Å². The number of hydrogen-bond donors (Lipinski definition) is 3. The lowest BCUT2D eigenvalue weighted by Gasteiger charge is -2.14. The minimum absolute atomic E-state index is 0.141. The van der Waals surface area contributed by atoms with E-state index in [4.69, 9.17) is 11.5 Å². The Bertz CT molecular complexity index is 1100. The normalized spacial score (nSPS) is 13.3. The van der Waals surface area contributed by atoms with Gasteiger partial charge in [-0.15, -0.1) is 0 Å². The van der Waals surface area contributed by atoms with Crippen LogP contribution in [0.15, 0.2) is 27.9 Å². The third-order valence-electron chi connectivity index (χ3n) is 4.77. The summed E-state index contributed by atoms with van der Waals surface area (Å²) in [6.45, 7) is 7.33. The number of nitrogens with zero attached hydrogens (tertiary/aromatic N) is 2. The van der Waals surface area contributed by atoms with Gasteiger partial charge in [-0.05, 0) is 44.4 Å². The van der Waals surface area contributed by atoms with Gasteiger partial charge in [-0.2, -0.15) is 0 Å². The molecule has 3 rings (SSSR count). The maximum atomic E-state index is 12.6. The van der Waals surface area contributed by atoms with Gasteiger partial charge < -0.3 is 21.4 Å². The zero-order chi connectivity index (χ0) is 22.6. The molecule has 0 saturated heterocycles. The number of nitrogens with one attached hydrogen (secondary N) is 1. The fourth-order valence-electron chi connectivity index (χ4n) is 2.94. The molecule has 164 valence electrons. The molecule has 0 bridgehead atoms. The highest BCUT2D eigenvalue weighted by Gasteiger charge is 2.38. The number of anilines is 2. The summed E-state index contributed by atoms with van der Waals surface area (Å²) in [5, 5.41) is 2.25. The first-order valence-corrected chi connectivity index (χ1v) is 11.4. The standard InChI is InChI=1S/C18H23N5O4S.C2H6/c1-10-7-14(28(26,27)13-4-5-13)17(20)18(25)23(10)9-16(24)21-8-12-3-6-15(19)22-11(12)2;1-2/h3,6-7,13H,4-5,8-9,20H2,1-2H3,(H2,19,22)(H,21,24);1-2H3. The first kappa shape index (κ1) is 23.4. The number of amides is 1. The number of rotatable bonds is 6. The van der Waals surface area contributed by atoms with E-state index in [1.165, 1.54) is 10.6 Å². The quantitative estimate of drug-likeness (QED) is 0.619. The second kappa shape index (κ2) is 9.29. The summed E-state index contributed by atoms with van der Waals surface area (Å²) >= 11 is 0. The SMILES string of the molecule is CC.Cc1nc(N)ccc1CNC(=O)Cn1c(C)cc(S(=O)(=O)C2CC2)c(N)c1=O. The summed E-state index contributed by atoms with van der Waals surface area (Å²) in [5.74, 6) is -0.00917. The molecule has 0 radical (unpaired) electrons. The highest BCUT2D eigenvalue weighted by molar-refractivity contribution is 7.92. The maximum Gasteiger partial charge on any atom is 0.275 e. The van der Waals surface area contributed by atoms with Gasteiger partial charge in [0.15, 0.2) is 9.84 Å². The molecule has 9 nitrogen and oxygen atoms in total. The van der Waals surface area contributed by atoms with E-state index in [2.05, 4.69) is 10.3 Å². The van der Waals surface area contributed by atoms with E-state index < -0.39 is 26.6 Å². The molecule has 0 spiro atoms. The third-order valence-corrected chi connectivity index (χ3v) is 7.07. The Labute approximate surface area is 176 Å². The van der Waals surface area contributed by atoms with Crippen molar-refractivity contribution in [2.24, 2.45) is 0 Å². The Kier molecular flexibility index (Phi) is 7.25. The lowest BCUT2D eigenvalue weighted by molar-refractivity contribution is -0.121. The highest BCUT2D eigenvalue weighted by atomic mass is 32.2. The fraction of sp³-hybridized carbons (Fsp3) is 0.450. The Morgan fingerprint density at radius 1 is 1.23 bits per heavy atom. The number of sulfone groups is 1. The fourth-order valence-corrected chi connectivity index (χ4v) is 4.78. The van der Waals surface area contributed by atoms with Crippen molar-refractivity contribution in [1.29, 1.82) is 0 Å². The van der Waals surface area contributed by atoms with Gasteiger partial charge in [-0.25, -0.2) is 13.4 Å². The second-order valence-corrected chi connectivity index (χ2v) is 9.15. The molecule has 2 heterocycles. The smallest absolute Gasteiger partial charge is 0.275 e. The van der Waals surface area contributed by atoms with E-state index in [0.29, 0.717) is 30.0 Å². The minimum atomic E-state index is -3.60. The summed E-state index contributed by atoms with van der Waals surface area (Å²) in [5.41, 5.74) is 12.3. The minimum Gasteiger partial charge on any atom is -0.393 e. The zero-order valence-corrected chi connectivity index (χ0v) is 18.5. The number of carbonyl (C=O) groups is 1. The van der Waals surface area contributed by atoms with Crippen molar-refractivity contribution in [3.05, 3.63) is 45.5 Å².